The molecule has 1 amide bonds. The smallest absolute Gasteiger partial charge is 0.299 e. The number of halogens is 2. The molecule has 0 spiro atoms. The van der Waals surface area contributed by atoms with Crippen LogP contribution < -0.4 is 4.90 Å². The number of anilines is 1. The van der Waals surface area contributed by atoms with E-state index < -0.39 is 11.7 Å². The Labute approximate surface area is 131 Å². The van der Waals surface area contributed by atoms with Crippen LogP contribution in [0.25, 0.3) is 0 Å². The van der Waals surface area contributed by atoms with E-state index in [1.807, 2.05) is 11.5 Å². The van der Waals surface area contributed by atoms with Crippen LogP contribution in [0.4, 0.5) is 5.69 Å². The Balaban J connectivity index is 2.08. The van der Waals surface area contributed by atoms with Crippen molar-refractivity contribution < 1.29 is 9.59 Å². The number of imidazole rings is 1. The summed E-state index contributed by atoms with van der Waals surface area (Å²) in [4.78, 5) is 29.7. The molecular formula is C14H11Cl2N3O2. The summed E-state index contributed by atoms with van der Waals surface area (Å²) in [5.74, 6) is -1.25. The number of benzene rings is 1. The maximum atomic E-state index is 12.2. The van der Waals surface area contributed by atoms with E-state index in [4.69, 9.17) is 23.2 Å². The zero-order valence-electron chi connectivity index (χ0n) is 11.1. The van der Waals surface area contributed by atoms with Crippen molar-refractivity contribution in [3.05, 3.63) is 46.0 Å². The van der Waals surface area contributed by atoms with E-state index in [0.717, 1.165) is 12.2 Å². The summed E-state index contributed by atoms with van der Waals surface area (Å²) in [5, 5.41) is 0.565. The first-order valence-corrected chi connectivity index (χ1v) is 7.13. The van der Waals surface area contributed by atoms with Gasteiger partial charge in [-0.2, -0.15) is 0 Å². The third-order valence-corrected chi connectivity index (χ3v) is 4.09. The Kier molecular flexibility index (Phi) is 3.47. The van der Waals surface area contributed by atoms with Crippen molar-refractivity contribution in [3.63, 3.8) is 0 Å². The number of hydrogen-bond acceptors (Lipinski definition) is 3. The van der Waals surface area contributed by atoms with Crippen molar-refractivity contribution in [2.24, 2.45) is 0 Å². The van der Waals surface area contributed by atoms with Gasteiger partial charge in [-0.15, -0.1) is 0 Å². The molecule has 0 fully saturated rings. The number of nitrogens with zero attached hydrogens (tertiary/aromatic N) is 3. The number of ketones is 1. The van der Waals surface area contributed by atoms with Gasteiger partial charge in [-0.05, 0) is 19.1 Å². The number of aryl methyl sites for hydroxylation is 1. The monoisotopic (exact) mass is 323 g/mol. The van der Waals surface area contributed by atoms with Crippen molar-refractivity contribution >= 4 is 40.6 Å². The number of rotatable bonds is 3. The number of hydrogen-bond donors (Lipinski definition) is 0. The van der Waals surface area contributed by atoms with E-state index in [0.29, 0.717) is 10.7 Å². The minimum atomic E-state index is -0.625. The van der Waals surface area contributed by atoms with Crippen molar-refractivity contribution in [1.29, 1.82) is 0 Å². The molecule has 1 aromatic carbocycles. The molecule has 21 heavy (non-hydrogen) atoms. The standard InChI is InChI=1S/C14H11Cl2N3O2/c1-2-18-7-17-5-8(18)6-19-12-10(16)4-3-9(15)11(12)13(20)14(19)21/h3-5,7H,2,6H2,1H3. The molecule has 3 rings (SSSR count). The fraction of sp³-hybridized carbons (Fsp3) is 0.214. The largest absolute Gasteiger partial charge is 0.333 e. The minimum absolute atomic E-state index is 0.178. The highest BCUT2D eigenvalue weighted by Crippen LogP contribution is 2.40. The first-order valence-electron chi connectivity index (χ1n) is 6.37. The summed E-state index contributed by atoms with van der Waals surface area (Å²) in [6.45, 7) is 2.92. The summed E-state index contributed by atoms with van der Waals surface area (Å²) < 4.78 is 1.90. The number of Topliss-reactive ketones (excluding diaryl/α,β-unsaturated/α-hetero) is 1. The van der Waals surface area contributed by atoms with Gasteiger partial charge in [0, 0.05) is 12.7 Å². The first-order chi connectivity index (χ1) is 10.0. The molecule has 0 unspecified atom stereocenters. The zero-order chi connectivity index (χ0) is 15.1. The predicted octanol–water partition coefficient (Wildman–Crippen LogP) is 2.94. The second-order valence-corrected chi connectivity index (χ2v) is 5.46. The predicted molar refractivity (Wildman–Crippen MR) is 79.9 cm³/mol. The molecule has 1 aromatic heterocycles. The van der Waals surface area contributed by atoms with Gasteiger partial charge in [-0.25, -0.2) is 4.98 Å². The minimum Gasteiger partial charge on any atom is -0.333 e. The quantitative estimate of drug-likeness (QED) is 0.816. The van der Waals surface area contributed by atoms with Crippen LogP contribution in [0, 0.1) is 0 Å². The van der Waals surface area contributed by atoms with Gasteiger partial charge in [0.2, 0.25) is 0 Å². The Bertz CT molecular complexity index is 755. The van der Waals surface area contributed by atoms with Gasteiger partial charge >= 0.3 is 0 Å². The van der Waals surface area contributed by atoms with Gasteiger partial charge in [0.25, 0.3) is 11.7 Å². The number of carbonyl (C=O) groups is 2. The highest BCUT2D eigenvalue weighted by atomic mass is 35.5. The number of aromatic nitrogens is 2. The van der Waals surface area contributed by atoms with Gasteiger partial charge in [0.1, 0.15) is 0 Å². The first kappa shape index (κ1) is 14.1. The second kappa shape index (κ2) is 5.16. The molecule has 5 nitrogen and oxygen atoms in total. The highest BCUT2D eigenvalue weighted by Gasteiger charge is 2.39. The SMILES string of the molecule is CCn1cncc1CN1C(=O)C(=O)c2c(Cl)ccc(Cl)c21. The molecule has 0 bridgehead atoms. The van der Waals surface area contributed by atoms with Gasteiger partial charge in [-0.3, -0.25) is 14.5 Å². The van der Waals surface area contributed by atoms with Crippen LogP contribution in [0.3, 0.4) is 0 Å². The van der Waals surface area contributed by atoms with Crippen LogP contribution >= 0.6 is 23.2 Å². The van der Waals surface area contributed by atoms with E-state index in [9.17, 15) is 9.59 Å². The van der Waals surface area contributed by atoms with Crippen molar-refractivity contribution in [2.45, 2.75) is 20.0 Å². The highest BCUT2D eigenvalue weighted by molar-refractivity contribution is 6.56. The average molecular weight is 324 g/mol. The zero-order valence-corrected chi connectivity index (χ0v) is 12.6. The second-order valence-electron chi connectivity index (χ2n) is 4.64. The number of fused-ring (bicyclic) bond motifs is 1. The molecule has 1 aliphatic rings. The molecule has 0 saturated carbocycles. The van der Waals surface area contributed by atoms with Gasteiger partial charge in [-0.1, -0.05) is 23.2 Å². The molecule has 0 radical (unpaired) electrons. The number of carbonyl (C=O) groups excluding carboxylic acids is 2. The van der Waals surface area contributed by atoms with Crippen molar-refractivity contribution in [3.8, 4) is 0 Å². The molecule has 1 aliphatic heterocycles. The Morgan fingerprint density at radius 1 is 1.19 bits per heavy atom. The Morgan fingerprint density at radius 2 is 1.90 bits per heavy atom. The summed E-state index contributed by atoms with van der Waals surface area (Å²) in [6.07, 6.45) is 3.34. The van der Waals surface area contributed by atoms with Crippen LogP contribution in [0.5, 0.6) is 0 Å². The maximum absolute atomic E-state index is 12.2. The topological polar surface area (TPSA) is 55.2 Å². The molecule has 0 atom stereocenters. The fourth-order valence-electron chi connectivity index (χ4n) is 2.43. The van der Waals surface area contributed by atoms with Gasteiger partial charge < -0.3 is 4.57 Å². The third kappa shape index (κ3) is 2.13. The van der Waals surface area contributed by atoms with E-state index >= 15 is 0 Å². The summed E-state index contributed by atoms with van der Waals surface area (Å²) in [7, 11) is 0. The van der Waals surface area contributed by atoms with Crippen LogP contribution in [0.15, 0.2) is 24.7 Å². The van der Waals surface area contributed by atoms with E-state index in [1.54, 1.807) is 18.6 Å². The molecule has 0 N–H and O–H groups in total. The Hall–Kier alpha value is -1.85. The van der Waals surface area contributed by atoms with E-state index in [1.165, 1.54) is 11.0 Å². The fourth-order valence-corrected chi connectivity index (χ4v) is 2.93. The van der Waals surface area contributed by atoms with Crippen LogP contribution in [-0.2, 0) is 17.9 Å². The van der Waals surface area contributed by atoms with Crippen molar-refractivity contribution in [2.75, 3.05) is 4.90 Å². The van der Waals surface area contributed by atoms with Crippen LogP contribution in [0.1, 0.15) is 23.0 Å². The lowest BCUT2D eigenvalue weighted by atomic mass is 10.1. The third-order valence-electron chi connectivity index (χ3n) is 3.47. The molecule has 2 aromatic rings. The molecule has 108 valence electrons. The molecule has 0 saturated heterocycles. The van der Waals surface area contributed by atoms with E-state index in [-0.39, 0.29) is 17.1 Å². The lowest BCUT2D eigenvalue weighted by molar-refractivity contribution is -0.114. The lowest BCUT2D eigenvalue weighted by Crippen LogP contribution is -2.30. The van der Waals surface area contributed by atoms with Gasteiger partial charge in [0.05, 0.1) is 39.9 Å². The Morgan fingerprint density at radius 3 is 2.62 bits per heavy atom. The lowest BCUT2D eigenvalue weighted by Gasteiger charge is -2.18. The number of amides is 1. The normalized spacial score (nSPS) is 14.0. The van der Waals surface area contributed by atoms with Gasteiger partial charge in [0.15, 0.2) is 0 Å². The van der Waals surface area contributed by atoms with Crippen LogP contribution in [-0.4, -0.2) is 21.2 Å². The summed E-state index contributed by atoms with van der Waals surface area (Å²) >= 11 is 12.2. The molecule has 7 heteroatoms. The van der Waals surface area contributed by atoms with Crippen molar-refractivity contribution in [1.82, 2.24) is 9.55 Å². The van der Waals surface area contributed by atoms with Crippen LogP contribution in [0.2, 0.25) is 10.0 Å². The maximum Gasteiger partial charge on any atom is 0.299 e. The molecular weight excluding hydrogens is 313 g/mol. The average Bonchev–Trinajstić information content (AvgIpc) is 3.02. The van der Waals surface area contributed by atoms with E-state index in [2.05, 4.69) is 4.98 Å². The molecule has 0 aliphatic carbocycles. The summed E-state index contributed by atoms with van der Waals surface area (Å²) in [5.41, 5.74) is 1.38. The molecule has 2 heterocycles. The summed E-state index contributed by atoms with van der Waals surface area (Å²) in [6, 6.07) is 3.10.